The first kappa shape index (κ1) is 31.6. The van der Waals surface area contributed by atoms with Crippen molar-refractivity contribution in [1.82, 2.24) is 20.9 Å². The highest BCUT2D eigenvalue weighted by Gasteiger charge is 2.37. The molecule has 0 unspecified atom stereocenters. The van der Waals surface area contributed by atoms with E-state index in [0.29, 0.717) is 24.8 Å². The Morgan fingerprint density at radius 3 is 2.26 bits per heavy atom. The number of hydrogen-bond acceptors (Lipinski definition) is 6. The molecule has 1 heterocycles. The summed E-state index contributed by atoms with van der Waals surface area (Å²) >= 11 is 0. The van der Waals surface area contributed by atoms with Gasteiger partial charge in [0.25, 0.3) is 5.91 Å². The SMILES string of the molecule is NC(N)=NCCC[C@H](NC(=O)c1ccccc1)C(=O)NCC(=O)N[C@@H](Cc1ccccc1)C(=O)N1CCC[C@H]1C(=O)O. The van der Waals surface area contributed by atoms with Crippen molar-refractivity contribution in [1.29, 1.82) is 0 Å². The molecule has 2 aromatic rings. The topological polar surface area (TPSA) is 209 Å². The Bertz CT molecular complexity index is 1270. The predicted octanol–water partition coefficient (Wildman–Crippen LogP) is -0.242. The molecule has 2 aromatic carbocycles. The van der Waals surface area contributed by atoms with Gasteiger partial charge in [0, 0.05) is 25.1 Å². The van der Waals surface area contributed by atoms with Crippen molar-refractivity contribution in [2.45, 2.75) is 50.2 Å². The van der Waals surface area contributed by atoms with Crippen molar-refractivity contribution in [2.75, 3.05) is 19.6 Å². The predicted molar refractivity (Wildman–Crippen MR) is 155 cm³/mol. The lowest BCUT2D eigenvalue weighted by molar-refractivity contribution is -0.149. The van der Waals surface area contributed by atoms with E-state index in [1.54, 1.807) is 54.6 Å². The van der Waals surface area contributed by atoms with Crippen LogP contribution in [-0.2, 0) is 25.6 Å². The summed E-state index contributed by atoms with van der Waals surface area (Å²) in [6.07, 6.45) is 1.60. The van der Waals surface area contributed by atoms with Gasteiger partial charge in [-0.25, -0.2) is 4.79 Å². The van der Waals surface area contributed by atoms with Gasteiger partial charge in [-0.3, -0.25) is 24.2 Å². The van der Waals surface area contributed by atoms with Gasteiger partial charge in [-0.1, -0.05) is 48.5 Å². The van der Waals surface area contributed by atoms with Gasteiger partial charge in [0.2, 0.25) is 17.7 Å². The number of aliphatic imine (C=N–C) groups is 1. The molecule has 42 heavy (non-hydrogen) atoms. The van der Waals surface area contributed by atoms with Gasteiger partial charge in [0.05, 0.1) is 6.54 Å². The number of rotatable bonds is 14. The zero-order valence-electron chi connectivity index (χ0n) is 23.2. The number of likely N-dealkylation sites (tertiary alicyclic amines) is 1. The van der Waals surface area contributed by atoms with E-state index in [4.69, 9.17) is 11.5 Å². The summed E-state index contributed by atoms with van der Waals surface area (Å²) in [6.45, 7) is 0.0482. The minimum absolute atomic E-state index is 0.0933. The number of hydrogen-bond donors (Lipinski definition) is 6. The zero-order valence-corrected chi connectivity index (χ0v) is 23.2. The second-order valence-corrected chi connectivity index (χ2v) is 9.90. The van der Waals surface area contributed by atoms with Crippen LogP contribution in [0.25, 0.3) is 0 Å². The minimum atomic E-state index is -1.10. The van der Waals surface area contributed by atoms with Crippen LogP contribution in [0.1, 0.15) is 41.6 Å². The zero-order chi connectivity index (χ0) is 30.5. The van der Waals surface area contributed by atoms with Crippen LogP contribution in [-0.4, -0.2) is 83.3 Å². The molecule has 3 rings (SSSR count). The highest BCUT2D eigenvalue weighted by Crippen LogP contribution is 2.19. The maximum atomic E-state index is 13.4. The molecule has 0 bridgehead atoms. The maximum absolute atomic E-state index is 13.4. The molecular formula is C29H37N7O6. The third-order valence-corrected chi connectivity index (χ3v) is 6.76. The van der Waals surface area contributed by atoms with Crippen LogP contribution >= 0.6 is 0 Å². The summed E-state index contributed by atoms with van der Waals surface area (Å²) in [7, 11) is 0. The molecule has 4 amide bonds. The fraction of sp³-hybridized carbons (Fsp3) is 0.379. The van der Waals surface area contributed by atoms with Crippen molar-refractivity contribution < 1.29 is 29.1 Å². The lowest BCUT2D eigenvalue weighted by Gasteiger charge is -2.27. The summed E-state index contributed by atoms with van der Waals surface area (Å²) in [6, 6.07) is 14.4. The fourth-order valence-electron chi connectivity index (χ4n) is 4.68. The van der Waals surface area contributed by atoms with Gasteiger partial charge >= 0.3 is 5.97 Å². The Hall–Kier alpha value is -4.94. The van der Waals surface area contributed by atoms with Gasteiger partial charge in [-0.2, -0.15) is 0 Å². The lowest BCUT2D eigenvalue weighted by atomic mass is 10.0. The van der Waals surface area contributed by atoms with Crippen LogP contribution in [0.3, 0.4) is 0 Å². The highest BCUT2D eigenvalue weighted by atomic mass is 16.4. The minimum Gasteiger partial charge on any atom is -0.480 e. The summed E-state index contributed by atoms with van der Waals surface area (Å²) in [4.78, 5) is 68.9. The molecular weight excluding hydrogens is 542 g/mol. The number of guanidine groups is 1. The van der Waals surface area contributed by atoms with E-state index < -0.39 is 54.3 Å². The van der Waals surface area contributed by atoms with Gasteiger partial charge in [-0.05, 0) is 43.4 Å². The molecule has 224 valence electrons. The molecule has 3 atom stereocenters. The average Bonchev–Trinajstić information content (AvgIpc) is 3.48. The number of nitrogens with two attached hydrogens (primary N) is 2. The molecule has 1 aliphatic rings. The van der Waals surface area contributed by atoms with Crippen molar-refractivity contribution in [3.8, 4) is 0 Å². The number of benzene rings is 2. The average molecular weight is 580 g/mol. The standard InChI is InChI=1S/C29H37N7O6/c30-29(31)32-15-7-13-21(35-25(38)20-11-5-2-6-12-20)26(39)33-18-24(37)34-22(17-19-9-3-1-4-10-19)27(40)36-16-8-14-23(36)28(41)42/h1-6,9-12,21-23H,7-8,13-18H2,(H,33,39)(H,34,37)(H,35,38)(H,41,42)(H4,30,31,32)/t21-,22-,23-/m0/s1. The van der Waals surface area contributed by atoms with Crippen molar-refractivity contribution in [2.24, 2.45) is 16.5 Å². The van der Waals surface area contributed by atoms with E-state index in [1.807, 2.05) is 6.07 Å². The number of carbonyl (C=O) groups is 5. The van der Waals surface area contributed by atoms with Crippen LogP contribution in [0.4, 0.5) is 0 Å². The smallest absolute Gasteiger partial charge is 0.326 e. The van der Waals surface area contributed by atoms with E-state index in [0.717, 1.165) is 5.56 Å². The van der Waals surface area contributed by atoms with Gasteiger partial charge in [-0.15, -0.1) is 0 Å². The van der Waals surface area contributed by atoms with E-state index in [1.165, 1.54) is 4.90 Å². The largest absolute Gasteiger partial charge is 0.480 e. The van der Waals surface area contributed by atoms with Gasteiger partial charge in [0.15, 0.2) is 5.96 Å². The first-order valence-electron chi connectivity index (χ1n) is 13.7. The molecule has 8 N–H and O–H groups in total. The van der Waals surface area contributed by atoms with Gasteiger partial charge < -0.3 is 37.4 Å². The molecule has 13 nitrogen and oxygen atoms in total. The number of nitrogens with zero attached hydrogens (tertiary/aromatic N) is 2. The maximum Gasteiger partial charge on any atom is 0.326 e. The second-order valence-electron chi connectivity index (χ2n) is 9.90. The molecule has 1 fully saturated rings. The Morgan fingerprint density at radius 1 is 0.952 bits per heavy atom. The molecule has 1 aliphatic heterocycles. The third kappa shape index (κ3) is 9.61. The van der Waals surface area contributed by atoms with E-state index in [9.17, 15) is 29.1 Å². The normalized spacial score (nSPS) is 15.6. The van der Waals surface area contributed by atoms with Crippen molar-refractivity contribution >= 4 is 35.6 Å². The number of aliphatic carboxylic acids is 1. The van der Waals surface area contributed by atoms with E-state index >= 15 is 0 Å². The second kappa shape index (κ2) is 15.7. The molecule has 0 saturated carbocycles. The van der Waals surface area contributed by atoms with E-state index in [2.05, 4.69) is 20.9 Å². The Kier molecular flexibility index (Phi) is 11.8. The Balaban J connectivity index is 1.66. The summed E-state index contributed by atoms with van der Waals surface area (Å²) in [5.41, 5.74) is 11.8. The number of carboxylic acid groups (broad SMARTS) is 1. The van der Waals surface area contributed by atoms with Crippen LogP contribution < -0.4 is 27.4 Å². The first-order valence-corrected chi connectivity index (χ1v) is 13.7. The van der Waals surface area contributed by atoms with Crippen LogP contribution in [0.15, 0.2) is 65.7 Å². The van der Waals surface area contributed by atoms with Crippen molar-refractivity contribution in [3.63, 3.8) is 0 Å². The highest BCUT2D eigenvalue weighted by molar-refractivity contribution is 5.98. The number of carboxylic acids is 1. The third-order valence-electron chi connectivity index (χ3n) is 6.76. The summed E-state index contributed by atoms with van der Waals surface area (Å²) in [5.74, 6) is -3.40. The molecule has 0 spiro atoms. The molecule has 0 radical (unpaired) electrons. The number of nitrogens with one attached hydrogen (secondary N) is 3. The van der Waals surface area contributed by atoms with Gasteiger partial charge in [0.1, 0.15) is 18.1 Å². The molecule has 13 heteroatoms. The van der Waals surface area contributed by atoms with Crippen LogP contribution in [0.2, 0.25) is 0 Å². The number of amides is 4. The summed E-state index contributed by atoms with van der Waals surface area (Å²) < 4.78 is 0. The first-order chi connectivity index (χ1) is 20.2. The van der Waals surface area contributed by atoms with Crippen LogP contribution in [0.5, 0.6) is 0 Å². The Morgan fingerprint density at radius 2 is 1.62 bits per heavy atom. The molecule has 0 aromatic heterocycles. The number of carbonyl (C=O) groups excluding carboxylic acids is 4. The van der Waals surface area contributed by atoms with E-state index in [-0.39, 0.29) is 31.9 Å². The quantitative estimate of drug-likeness (QED) is 0.0997. The molecule has 0 aliphatic carbocycles. The summed E-state index contributed by atoms with van der Waals surface area (Å²) in [5, 5.41) is 17.4. The lowest BCUT2D eigenvalue weighted by Crippen LogP contribution is -2.55. The van der Waals surface area contributed by atoms with Crippen LogP contribution in [0, 0.1) is 0 Å². The molecule has 1 saturated heterocycles. The monoisotopic (exact) mass is 579 g/mol. The Labute approximate surface area is 243 Å². The fourth-order valence-corrected chi connectivity index (χ4v) is 4.68. The van der Waals surface area contributed by atoms with Crippen molar-refractivity contribution in [3.05, 3.63) is 71.8 Å².